The Hall–Kier alpha value is -2.21. The molecule has 21 heavy (non-hydrogen) atoms. The van der Waals surface area contributed by atoms with Gasteiger partial charge in [0.05, 0.1) is 23.7 Å². The first kappa shape index (κ1) is 13.8. The van der Waals surface area contributed by atoms with Crippen molar-refractivity contribution in [2.24, 2.45) is 0 Å². The van der Waals surface area contributed by atoms with Crippen LogP contribution in [0.1, 0.15) is 29.5 Å². The Morgan fingerprint density at radius 3 is 2.90 bits per heavy atom. The number of ether oxygens (including phenoxy) is 1. The molecule has 0 saturated carbocycles. The summed E-state index contributed by atoms with van der Waals surface area (Å²) in [6.45, 7) is 2.07. The number of aromatic nitrogens is 4. The number of hydrogen-bond acceptors (Lipinski definition) is 5. The molecule has 0 aliphatic heterocycles. The van der Waals surface area contributed by atoms with Gasteiger partial charge in [-0.3, -0.25) is 4.40 Å². The van der Waals surface area contributed by atoms with Gasteiger partial charge in [-0.2, -0.15) is 0 Å². The van der Waals surface area contributed by atoms with E-state index in [1.807, 2.05) is 4.40 Å². The third-order valence-electron chi connectivity index (χ3n) is 3.24. The lowest BCUT2D eigenvalue weighted by Crippen LogP contribution is -2.03. The number of carbonyl (C=O) groups excluding carboxylic acids is 1. The molecule has 7 heteroatoms. The molecule has 0 unspecified atom stereocenters. The molecule has 0 N–H and O–H groups in total. The minimum Gasteiger partial charge on any atom is -0.465 e. The highest BCUT2D eigenvalue weighted by atomic mass is 35.5. The summed E-state index contributed by atoms with van der Waals surface area (Å²) in [5, 5.41) is 8.52. The maximum atomic E-state index is 11.6. The lowest BCUT2D eigenvalue weighted by molar-refractivity contribution is 0.0601. The van der Waals surface area contributed by atoms with Crippen molar-refractivity contribution in [2.75, 3.05) is 7.11 Å². The van der Waals surface area contributed by atoms with Gasteiger partial charge in [0.25, 0.3) is 0 Å². The van der Waals surface area contributed by atoms with Crippen LogP contribution in [-0.4, -0.2) is 32.7 Å². The van der Waals surface area contributed by atoms with Crippen molar-refractivity contribution >= 4 is 34.3 Å². The van der Waals surface area contributed by atoms with Crippen LogP contribution in [0.4, 0.5) is 0 Å². The summed E-state index contributed by atoms with van der Waals surface area (Å²) in [4.78, 5) is 15.9. The van der Waals surface area contributed by atoms with Crippen LogP contribution in [0.25, 0.3) is 16.7 Å². The molecule has 0 bridgehead atoms. The lowest BCUT2D eigenvalue weighted by Gasteiger charge is -2.06. The van der Waals surface area contributed by atoms with Gasteiger partial charge < -0.3 is 4.74 Å². The van der Waals surface area contributed by atoms with E-state index in [2.05, 4.69) is 22.1 Å². The molecule has 0 fully saturated rings. The molecular formula is C14H13ClN4O2. The van der Waals surface area contributed by atoms with Gasteiger partial charge in [0.15, 0.2) is 10.8 Å². The second-order valence-electron chi connectivity index (χ2n) is 4.62. The minimum atomic E-state index is -0.410. The van der Waals surface area contributed by atoms with Crippen molar-refractivity contribution < 1.29 is 9.53 Å². The number of carbonyl (C=O) groups is 1. The number of fused-ring (bicyclic) bond motifs is 3. The van der Waals surface area contributed by atoms with Crippen LogP contribution in [-0.2, 0) is 11.2 Å². The fraction of sp³-hybridized carbons (Fsp3) is 0.286. The van der Waals surface area contributed by atoms with E-state index >= 15 is 0 Å². The number of hydrogen-bond donors (Lipinski definition) is 0. The molecule has 2 heterocycles. The van der Waals surface area contributed by atoms with E-state index in [1.165, 1.54) is 7.11 Å². The average molecular weight is 305 g/mol. The van der Waals surface area contributed by atoms with Crippen molar-refractivity contribution in [3.8, 4) is 0 Å². The molecule has 0 saturated heterocycles. The molecule has 3 rings (SSSR count). The minimum absolute atomic E-state index is 0.263. The summed E-state index contributed by atoms with van der Waals surface area (Å²) in [5.74, 6) is 0.417. The van der Waals surface area contributed by atoms with E-state index in [-0.39, 0.29) is 5.15 Å². The fourth-order valence-corrected chi connectivity index (χ4v) is 2.50. The topological polar surface area (TPSA) is 69.4 Å². The smallest absolute Gasteiger partial charge is 0.337 e. The number of halogens is 1. The number of benzene rings is 1. The summed E-state index contributed by atoms with van der Waals surface area (Å²) >= 11 is 6.16. The van der Waals surface area contributed by atoms with Crippen molar-refractivity contribution in [1.29, 1.82) is 0 Å². The van der Waals surface area contributed by atoms with E-state index in [4.69, 9.17) is 16.3 Å². The Morgan fingerprint density at radius 2 is 2.19 bits per heavy atom. The summed E-state index contributed by atoms with van der Waals surface area (Å²) in [6, 6.07) is 5.15. The van der Waals surface area contributed by atoms with Gasteiger partial charge in [-0.05, 0) is 24.6 Å². The van der Waals surface area contributed by atoms with Crippen LogP contribution < -0.4 is 0 Å². The second kappa shape index (κ2) is 5.29. The van der Waals surface area contributed by atoms with E-state index in [0.29, 0.717) is 16.7 Å². The predicted octanol–water partition coefficient (Wildman–Crippen LogP) is 2.67. The largest absolute Gasteiger partial charge is 0.465 e. The predicted molar refractivity (Wildman–Crippen MR) is 78.6 cm³/mol. The molecule has 0 radical (unpaired) electrons. The zero-order valence-electron chi connectivity index (χ0n) is 11.6. The van der Waals surface area contributed by atoms with Crippen LogP contribution in [0.15, 0.2) is 18.2 Å². The zero-order chi connectivity index (χ0) is 15.0. The molecule has 1 aromatic carbocycles. The first-order valence-electron chi connectivity index (χ1n) is 6.57. The van der Waals surface area contributed by atoms with Gasteiger partial charge in [0.1, 0.15) is 5.82 Å². The molecule has 2 aromatic heterocycles. The first-order valence-corrected chi connectivity index (χ1v) is 6.95. The van der Waals surface area contributed by atoms with Gasteiger partial charge in [0.2, 0.25) is 0 Å². The highest BCUT2D eigenvalue weighted by Crippen LogP contribution is 2.23. The highest BCUT2D eigenvalue weighted by molar-refractivity contribution is 6.32. The molecule has 0 aliphatic rings. The Balaban J connectivity index is 2.32. The summed E-state index contributed by atoms with van der Waals surface area (Å²) in [7, 11) is 1.34. The number of methoxy groups -OCH3 is 1. The SMILES string of the molecule is CCCc1nnc2c(Cl)nc3cc(C(=O)OC)ccc3n12. The summed E-state index contributed by atoms with van der Waals surface area (Å²) in [6.07, 6.45) is 1.73. The molecule has 0 spiro atoms. The lowest BCUT2D eigenvalue weighted by atomic mass is 10.2. The molecule has 0 amide bonds. The second-order valence-corrected chi connectivity index (χ2v) is 4.98. The summed E-state index contributed by atoms with van der Waals surface area (Å²) in [5.41, 5.74) is 2.37. The zero-order valence-corrected chi connectivity index (χ0v) is 12.4. The van der Waals surface area contributed by atoms with Crippen molar-refractivity contribution in [2.45, 2.75) is 19.8 Å². The Bertz CT molecular complexity index is 844. The number of rotatable bonds is 3. The van der Waals surface area contributed by atoms with Gasteiger partial charge in [-0.15, -0.1) is 10.2 Å². The molecular weight excluding hydrogens is 292 g/mol. The standard InChI is InChI=1S/C14H13ClN4O2/c1-3-4-11-17-18-13-12(15)16-9-7-8(14(20)21-2)5-6-10(9)19(11)13/h5-7H,3-4H2,1-2H3. The van der Waals surface area contributed by atoms with E-state index in [9.17, 15) is 4.79 Å². The maximum Gasteiger partial charge on any atom is 0.337 e. The molecule has 3 aromatic rings. The molecule has 6 nitrogen and oxygen atoms in total. The van der Waals surface area contributed by atoms with Crippen LogP contribution >= 0.6 is 11.6 Å². The highest BCUT2D eigenvalue weighted by Gasteiger charge is 2.15. The van der Waals surface area contributed by atoms with Crippen LogP contribution in [0.5, 0.6) is 0 Å². The monoisotopic (exact) mass is 304 g/mol. The van der Waals surface area contributed by atoms with E-state index < -0.39 is 5.97 Å². The van der Waals surface area contributed by atoms with Crippen molar-refractivity contribution in [3.05, 3.63) is 34.7 Å². The molecule has 0 atom stereocenters. The van der Waals surface area contributed by atoms with E-state index in [1.54, 1.807) is 18.2 Å². The number of aryl methyl sites for hydroxylation is 1. The molecule has 0 aliphatic carbocycles. The normalized spacial score (nSPS) is 11.2. The Labute approximate surface area is 125 Å². The average Bonchev–Trinajstić information content (AvgIpc) is 2.91. The Morgan fingerprint density at radius 1 is 1.38 bits per heavy atom. The van der Waals surface area contributed by atoms with Crippen molar-refractivity contribution in [1.82, 2.24) is 19.6 Å². The van der Waals surface area contributed by atoms with Crippen molar-refractivity contribution in [3.63, 3.8) is 0 Å². The van der Waals surface area contributed by atoms with Gasteiger partial charge in [-0.1, -0.05) is 18.5 Å². The fourth-order valence-electron chi connectivity index (χ4n) is 2.29. The van der Waals surface area contributed by atoms with Crippen LogP contribution in [0, 0.1) is 0 Å². The molecule has 108 valence electrons. The van der Waals surface area contributed by atoms with Crippen LogP contribution in [0.3, 0.4) is 0 Å². The van der Waals surface area contributed by atoms with Crippen LogP contribution in [0.2, 0.25) is 5.15 Å². The Kier molecular flexibility index (Phi) is 3.47. The van der Waals surface area contributed by atoms with Gasteiger partial charge >= 0.3 is 5.97 Å². The summed E-state index contributed by atoms with van der Waals surface area (Å²) < 4.78 is 6.60. The number of esters is 1. The van der Waals surface area contributed by atoms with Gasteiger partial charge in [0, 0.05) is 6.42 Å². The maximum absolute atomic E-state index is 11.6. The first-order chi connectivity index (χ1) is 10.2. The number of nitrogens with zero attached hydrogens (tertiary/aromatic N) is 4. The van der Waals surface area contributed by atoms with E-state index in [0.717, 1.165) is 24.2 Å². The van der Waals surface area contributed by atoms with Gasteiger partial charge in [-0.25, -0.2) is 9.78 Å². The third kappa shape index (κ3) is 2.21. The third-order valence-corrected chi connectivity index (χ3v) is 3.50. The quantitative estimate of drug-likeness (QED) is 0.696.